The van der Waals surface area contributed by atoms with E-state index in [1.807, 2.05) is 38.1 Å². The Morgan fingerprint density at radius 3 is 2.50 bits per heavy atom. The minimum Gasteiger partial charge on any atom is -0.497 e. The number of hydrogen-bond acceptors (Lipinski definition) is 5. The molecule has 0 bridgehead atoms. The molecule has 1 N–H and O–H groups in total. The molecule has 0 aliphatic carbocycles. The number of aromatic nitrogens is 1. The van der Waals surface area contributed by atoms with Crippen molar-refractivity contribution in [3.63, 3.8) is 0 Å². The Bertz CT molecular complexity index is 958. The van der Waals surface area contributed by atoms with Crippen molar-refractivity contribution >= 4 is 11.6 Å². The molecule has 2 aromatic carbocycles. The Hall–Kier alpha value is -3.28. The molecule has 0 saturated carbocycles. The third kappa shape index (κ3) is 4.71. The van der Waals surface area contributed by atoms with Crippen LogP contribution in [0.15, 0.2) is 47.0 Å². The van der Waals surface area contributed by atoms with Crippen molar-refractivity contribution in [1.29, 1.82) is 0 Å². The fourth-order valence-electron chi connectivity index (χ4n) is 3.04. The van der Waals surface area contributed by atoms with E-state index in [0.29, 0.717) is 29.6 Å². The molecule has 3 rings (SSSR count). The maximum atomic E-state index is 12.2. The van der Waals surface area contributed by atoms with E-state index >= 15 is 0 Å². The molecule has 1 aromatic heterocycles. The molecule has 0 fully saturated rings. The monoisotopic (exact) mass is 380 g/mol. The van der Waals surface area contributed by atoms with Crippen molar-refractivity contribution < 1.29 is 18.7 Å². The van der Waals surface area contributed by atoms with Crippen LogP contribution in [-0.2, 0) is 11.2 Å². The van der Waals surface area contributed by atoms with Gasteiger partial charge in [-0.25, -0.2) is 4.98 Å². The van der Waals surface area contributed by atoms with Gasteiger partial charge in [-0.05, 0) is 49.2 Å². The summed E-state index contributed by atoms with van der Waals surface area (Å²) in [5.74, 6) is 2.34. The summed E-state index contributed by atoms with van der Waals surface area (Å²) in [6, 6.07) is 11.4. The van der Waals surface area contributed by atoms with E-state index in [9.17, 15) is 4.79 Å². The molecule has 0 aliphatic heterocycles. The molecule has 0 aliphatic rings. The van der Waals surface area contributed by atoms with Crippen molar-refractivity contribution in [2.45, 2.75) is 26.7 Å². The molecule has 0 radical (unpaired) electrons. The van der Waals surface area contributed by atoms with Crippen LogP contribution in [0.1, 0.15) is 23.4 Å². The number of rotatable bonds is 7. The number of nitrogens with zero attached hydrogens (tertiary/aromatic N) is 1. The lowest BCUT2D eigenvalue weighted by Gasteiger charge is -2.08. The molecular formula is C22H24N2O4. The largest absolute Gasteiger partial charge is 0.497 e. The van der Waals surface area contributed by atoms with Gasteiger partial charge in [-0.2, -0.15) is 0 Å². The van der Waals surface area contributed by atoms with Crippen molar-refractivity contribution in [2.75, 3.05) is 19.5 Å². The second-order valence-electron chi connectivity index (χ2n) is 6.61. The first-order valence-electron chi connectivity index (χ1n) is 9.03. The fraction of sp³-hybridized carbons (Fsp3) is 0.273. The Labute approximate surface area is 164 Å². The first-order chi connectivity index (χ1) is 13.5. The van der Waals surface area contributed by atoms with Gasteiger partial charge in [-0.1, -0.05) is 6.07 Å². The smallest absolute Gasteiger partial charge is 0.224 e. The molecule has 6 nitrogen and oxygen atoms in total. The predicted octanol–water partition coefficient (Wildman–Crippen LogP) is 4.55. The van der Waals surface area contributed by atoms with Crippen LogP contribution in [0.2, 0.25) is 0 Å². The Balaban J connectivity index is 1.64. The molecule has 0 spiro atoms. The van der Waals surface area contributed by atoms with Gasteiger partial charge in [0.25, 0.3) is 0 Å². The van der Waals surface area contributed by atoms with Crippen LogP contribution in [0, 0.1) is 13.8 Å². The minimum atomic E-state index is -0.0771. The van der Waals surface area contributed by atoms with Crippen LogP contribution in [0.4, 0.5) is 5.69 Å². The van der Waals surface area contributed by atoms with Crippen LogP contribution in [0.5, 0.6) is 11.5 Å². The lowest BCUT2D eigenvalue weighted by molar-refractivity contribution is -0.116. The molecule has 0 unspecified atom stereocenters. The van der Waals surface area contributed by atoms with Crippen LogP contribution in [0.3, 0.4) is 0 Å². The van der Waals surface area contributed by atoms with E-state index in [2.05, 4.69) is 16.4 Å². The van der Waals surface area contributed by atoms with E-state index in [4.69, 9.17) is 13.9 Å². The number of methoxy groups -OCH3 is 2. The lowest BCUT2D eigenvalue weighted by Crippen LogP contribution is -2.12. The molecule has 1 amide bonds. The highest BCUT2D eigenvalue weighted by molar-refractivity contribution is 5.91. The van der Waals surface area contributed by atoms with E-state index in [1.165, 1.54) is 0 Å². The number of carbonyl (C=O) groups excluding carboxylic acids is 1. The molecule has 0 saturated heterocycles. The lowest BCUT2D eigenvalue weighted by atomic mass is 10.1. The standard InChI is InChI=1S/C22H24N2O4/c1-14-9-15(2)11-16(10-14)24-21(25)7-8-22-23-13-20(28-22)18-6-5-17(26-3)12-19(18)27-4/h5-6,9-13H,7-8H2,1-4H3,(H,24,25). The van der Waals surface area contributed by atoms with Gasteiger partial charge in [0.05, 0.1) is 26.0 Å². The number of anilines is 1. The van der Waals surface area contributed by atoms with E-state index < -0.39 is 0 Å². The number of carbonyl (C=O) groups is 1. The van der Waals surface area contributed by atoms with Crippen molar-refractivity contribution in [3.05, 3.63) is 59.6 Å². The normalized spacial score (nSPS) is 10.6. The van der Waals surface area contributed by atoms with Gasteiger partial charge in [0, 0.05) is 24.6 Å². The summed E-state index contributed by atoms with van der Waals surface area (Å²) in [7, 11) is 3.19. The van der Waals surface area contributed by atoms with Gasteiger partial charge in [0.1, 0.15) is 11.5 Å². The summed E-state index contributed by atoms with van der Waals surface area (Å²) in [6.07, 6.45) is 2.34. The molecule has 146 valence electrons. The highest BCUT2D eigenvalue weighted by atomic mass is 16.5. The number of nitrogens with one attached hydrogen (secondary N) is 1. The summed E-state index contributed by atoms with van der Waals surface area (Å²) in [5, 5.41) is 2.92. The SMILES string of the molecule is COc1ccc(-c2cnc(CCC(=O)Nc3cc(C)cc(C)c3)o2)c(OC)c1. The second kappa shape index (κ2) is 8.61. The van der Waals surface area contributed by atoms with Gasteiger partial charge in [-0.15, -0.1) is 0 Å². The molecule has 3 aromatic rings. The first kappa shape index (κ1) is 19.5. The highest BCUT2D eigenvalue weighted by Gasteiger charge is 2.14. The van der Waals surface area contributed by atoms with Gasteiger partial charge in [0.15, 0.2) is 11.7 Å². The summed E-state index contributed by atoms with van der Waals surface area (Å²) in [6.45, 7) is 4.01. The van der Waals surface area contributed by atoms with Crippen molar-refractivity contribution in [3.8, 4) is 22.8 Å². The maximum absolute atomic E-state index is 12.2. The third-order valence-corrected chi connectivity index (χ3v) is 4.30. The molecule has 0 atom stereocenters. The molecule has 6 heteroatoms. The molecule has 28 heavy (non-hydrogen) atoms. The molecular weight excluding hydrogens is 356 g/mol. The number of oxazole rings is 1. The Kier molecular flexibility index (Phi) is 5.99. The number of ether oxygens (including phenoxy) is 2. The maximum Gasteiger partial charge on any atom is 0.224 e. The highest BCUT2D eigenvalue weighted by Crippen LogP contribution is 2.33. The Morgan fingerprint density at radius 2 is 1.82 bits per heavy atom. The first-order valence-corrected chi connectivity index (χ1v) is 9.03. The zero-order valence-corrected chi connectivity index (χ0v) is 16.5. The zero-order valence-electron chi connectivity index (χ0n) is 16.5. The van der Waals surface area contributed by atoms with E-state index in [-0.39, 0.29) is 12.3 Å². The number of amides is 1. The number of hydrogen-bond donors (Lipinski definition) is 1. The number of benzene rings is 2. The number of aryl methyl sites for hydroxylation is 3. The summed E-state index contributed by atoms with van der Waals surface area (Å²) in [5.41, 5.74) is 3.81. The van der Waals surface area contributed by atoms with Crippen LogP contribution < -0.4 is 14.8 Å². The van der Waals surface area contributed by atoms with Crippen molar-refractivity contribution in [1.82, 2.24) is 4.98 Å². The zero-order chi connectivity index (χ0) is 20.1. The quantitative estimate of drug-likeness (QED) is 0.651. The van der Waals surface area contributed by atoms with Gasteiger partial charge in [-0.3, -0.25) is 4.79 Å². The van der Waals surface area contributed by atoms with E-state index in [0.717, 1.165) is 22.4 Å². The van der Waals surface area contributed by atoms with Crippen LogP contribution in [0.25, 0.3) is 11.3 Å². The fourth-order valence-corrected chi connectivity index (χ4v) is 3.04. The molecule has 1 heterocycles. The van der Waals surface area contributed by atoms with Crippen LogP contribution >= 0.6 is 0 Å². The van der Waals surface area contributed by atoms with Gasteiger partial charge < -0.3 is 19.2 Å². The summed E-state index contributed by atoms with van der Waals surface area (Å²) < 4.78 is 16.4. The van der Waals surface area contributed by atoms with Crippen LogP contribution in [-0.4, -0.2) is 25.1 Å². The second-order valence-corrected chi connectivity index (χ2v) is 6.61. The summed E-state index contributed by atoms with van der Waals surface area (Å²) >= 11 is 0. The van der Waals surface area contributed by atoms with Gasteiger partial charge in [0.2, 0.25) is 5.91 Å². The minimum absolute atomic E-state index is 0.0771. The van der Waals surface area contributed by atoms with Gasteiger partial charge >= 0.3 is 0 Å². The topological polar surface area (TPSA) is 73.6 Å². The Morgan fingerprint density at radius 1 is 1.07 bits per heavy atom. The third-order valence-electron chi connectivity index (χ3n) is 4.30. The summed E-state index contributed by atoms with van der Waals surface area (Å²) in [4.78, 5) is 16.5. The average molecular weight is 380 g/mol. The van der Waals surface area contributed by atoms with Crippen molar-refractivity contribution in [2.24, 2.45) is 0 Å². The van der Waals surface area contributed by atoms with E-state index in [1.54, 1.807) is 26.5 Å². The predicted molar refractivity (Wildman–Crippen MR) is 108 cm³/mol. The average Bonchev–Trinajstić information content (AvgIpc) is 3.13.